The number of hydrogen-bond acceptors (Lipinski definition) is 2. The maximum absolute atomic E-state index is 11.5. The van der Waals surface area contributed by atoms with E-state index in [0.717, 1.165) is 32.4 Å². The summed E-state index contributed by atoms with van der Waals surface area (Å²) in [6.07, 6.45) is 7.11. The summed E-state index contributed by atoms with van der Waals surface area (Å²) in [5.41, 5.74) is 0. The predicted octanol–water partition coefficient (Wildman–Crippen LogP) is 1.04. The van der Waals surface area contributed by atoms with Crippen molar-refractivity contribution in [2.45, 2.75) is 44.6 Å². The van der Waals surface area contributed by atoms with Gasteiger partial charge in [-0.05, 0) is 38.6 Å². The van der Waals surface area contributed by atoms with Crippen LogP contribution in [0.3, 0.4) is 0 Å². The number of carbonyl (C=O) groups is 1. The number of hydrogen-bond donors (Lipinski definition) is 2. The highest BCUT2D eigenvalue weighted by Gasteiger charge is 2.24. The first-order valence-corrected chi connectivity index (χ1v) is 5.87. The van der Waals surface area contributed by atoms with Crippen molar-refractivity contribution < 1.29 is 4.79 Å². The van der Waals surface area contributed by atoms with Crippen LogP contribution in [0.4, 0.5) is 0 Å². The third-order valence-corrected chi connectivity index (χ3v) is 3.43. The molecule has 0 aromatic heterocycles. The monoisotopic (exact) mass is 196 g/mol. The van der Waals surface area contributed by atoms with Gasteiger partial charge in [-0.2, -0.15) is 0 Å². The van der Waals surface area contributed by atoms with Crippen molar-refractivity contribution in [3.05, 3.63) is 0 Å². The Labute approximate surface area is 85.6 Å². The molecule has 0 radical (unpaired) electrons. The molecule has 0 aromatic carbocycles. The van der Waals surface area contributed by atoms with Gasteiger partial charge in [0.25, 0.3) is 0 Å². The van der Waals surface area contributed by atoms with E-state index in [9.17, 15) is 4.79 Å². The molecule has 1 amide bonds. The summed E-state index contributed by atoms with van der Waals surface area (Å²) >= 11 is 0. The van der Waals surface area contributed by atoms with Crippen molar-refractivity contribution in [1.82, 2.24) is 10.6 Å². The van der Waals surface area contributed by atoms with Crippen LogP contribution in [-0.4, -0.2) is 25.0 Å². The molecule has 1 heterocycles. The number of rotatable bonds is 4. The van der Waals surface area contributed by atoms with Crippen LogP contribution < -0.4 is 10.6 Å². The third kappa shape index (κ3) is 2.47. The smallest absolute Gasteiger partial charge is 0.223 e. The van der Waals surface area contributed by atoms with Crippen LogP contribution >= 0.6 is 0 Å². The van der Waals surface area contributed by atoms with E-state index in [0.29, 0.717) is 12.0 Å². The van der Waals surface area contributed by atoms with Crippen molar-refractivity contribution in [3.8, 4) is 0 Å². The average Bonchev–Trinajstić information content (AvgIpc) is 2.53. The molecule has 0 unspecified atom stereocenters. The van der Waals surface area contributed by atoms with E-state index < -0.39 is 0 Å². The lowest BCUT2D eigenvalue weighted by Gasteiger charge is -2.24. The van der Waals surface area contributed by atoms with Gasteiger partial charge in [-0.1, -0.05) is 6.42 Å². The van der Waals surface area contributed by atoms with Gasteiger partial charge in [-0.3, -0.25) is 4.79 Å². The Balaban J connectivity index is 1.55. The molecule has 1 aliphatic carbocycles. The first-order chi connectivity index (χ1) is 6.86. The molecule has 1 saturated carbocycles. The van der Waals surface area contributed by atoms with Gasteiger partial charge in [-0.25, -0.2) is 0 Å². The van der Waals surface area contributed by atoms with E-state index in [1.165, 1.54) is 19.3 Å². The van der Waals surface area contributed by atoms with Crippen LogP contribution in [0.5, 0.6) is 0 Å². The van der Waals surface area contributed by atoms with Crippen LogP contribution in [-0.2, 0) is 4.79 Å². The van der Waals surface area contributed by atoms with E-state index in [1.807, 2.05) is 0 Å². The van der Waals surface area contributed by atoms with Gasteiger partial charge in [0.2, 0.25) is 5.91 Å². The lowest BCUT2D eigenvalue weighted by molar-refractivity contribution is -0.127. The summed E-state index contributed by atoms with van der Waals surface area (Å²) in [4.78, 5) is 11.5. The Morgan fingerprint density at radius 1 is 1.29 bits per heavy atom. The van der Waals surface area contributed by atoms with Gasteiger partial charge in [0.15, 0.2) is 0 Å². The van der Waals surface area contributed by atoms with Crippen LogP contribution in [0.2, 0.25) is 0 Å². The Morgan fingerprint density at radius 3 is 2.71 bits per heavy atom. The highest BCUT2D eigenvalue weighted by atomic mass is 16.1. The normalized spacial score (nSPS) is 27.3. The maximum Gasteiger partial charge on any atom is 0.223 e. The number of nitrogens with one attached hydrogen (secondary N) is 2. The van der Waals surface area contributed by atoms with Gasteiger partial charge in [0.1, 0.15) is 0 Å². The molecule has 1 saturated heterocycles. The number of carbonyl (C=O) groups excluding carboxylic acids is 1. The molecule has 1 aliphatic heterocycles. The second kappa shape index (κ2) is 4.78. The predicted molar refractivity (Wildman–Crippen MR) is 56.0 cm³/mol. The molecule has 0 bridgehead atoms. The maximum atomic E-state index is 11.5. The van der Waals surface area contributed by atoms with E-state index in [4.69, 9.17) is 0 Å². The molecule has 2 rings (SSSR count). The summed E-state index contributed by atoms with van der Waals surface area (Å²) in [6, 6.07) is 0.650. The minimum absolute atomic E-state index is 0.286. The van der Waals surface area contributed by atoms with Gasteiger partial charge < -0.3 is 10.6 Å². The average molecular weight is 196 g/mol. The second-order valence-corrected chi connectivity index (χ2v) is 4.50. The van der Waals surface area contributed by atoms with Crippen molar-refractivity contribution in [2.75, 3.05) is 13.1 Å². The van der Waals surface area contributed by atoms with Crippen LogP contribution in [0.1, 0.15) is 38.5 Å². The standard InChI is InChI=1S/C11H20N2O/c14-11(9-3-1-4-9)13-8-6-10-5-2-7-12-10/h9-10,12H,1-8H2,(H,13,14)/t10-/m1/s1. The van der Waals surface area contributed by atoms with Crippen molar-refractivity contribution in [1.29, 1.82) is 0 Å². The first-order valence-electron chi connectivity index (χ1n) is 5.87. The fourth-order valence-electron chi connectivity index (χ4n) is 2.19. The largest absolute Gasteiger partial charge is 0.356 e. The van der Waals surface area contributed by atoms with Crippen molar-refractivity contribution in [2.24, 2.45) is 5.92 Å². The van der Waals surface area contributed by atoms with Crippen LogP contribution in [0.25, 0.3) is 0 Å². The van der Waals surface area contributed by atoms with Crippen molar-refractivity contribution >= 4 is 5.91 Å². The summed E-state index contributed by atoms with van der Waals surface area (Å²) in [5, 5.41) is 6.47. The molecule has 2 N–H and O–H groups in total. The van der Waals surface area contributed by atoms with Crippen molar-refractivity contribution in [3.63, 3.8) is 0 Å². The Kier molecular flexibility index (Phi) is 3.40. The van der Waals surface area contributed by atoms with Crippen LogP contribution in [0, 0.1) is 5.92 Å². The van der Waals surface area contributed by atoms with E-state index >= 15 is 0 Å². The molecule has 80 valence electrons. The Bertz CT molecular complexity index is 195. The minimum atomic E-state index is 0.286. The van der Waals surface area contributed by atoms with Gasteiger partial charge in [0, 0.05) is 18.5 Å². The molecule has 3 heteroatoms. The summed E-state index contributed by atoms with van der Waals surface area (Å²) in [5.74, 6) is 0.626. The van der Waals surface area contributed by atoms with E-state index in [2.05, 4.69) is 10.6 Å². The molecular weight excluding hydrogens is 176 g/mol. The molecule has 1 atom stereocenters. The lowest BCUT2D eigenvalue weighted by Crippen LogP contribution is -2.36. The third-order valence-electron chi connectivity index (χ3n) is 3.43. The van der Waals surface area contributed by atoms with E-state index in [-0.39, 0.29) is 5.91 Å². The quantitative estimate of drug-likeness (QED) is 0.705. The zero-order valence-electron chi connectivity index (χ0n) is 8.72. The fourth-order valence-corrected chi connectivity index (χ4v) is 2.19. The first kappa shape index (κ1) is 9.97. The molecular formula is C11H20N2O. The molecule has 3 nitrogen and oxygen atoms in total. The Hall–Kier alpha value is -0.570. The van der Waals surface area contributed by atoms with Gasteiger partial charge >= 0.3 is 0 Å². The topological polar surface area (TPSA) is 41.1 Å². The number of amides is 1. The Morgan fingerprint density at radius 2 is 2.14 bits per heavy atom. The van der Waals surface area contributed by atoms with Gasteiger partial charge in [-0.15, -0.1) is 0 Å². The molecule has 0 spiro atoms. The minimum Gasteiger partial charge on any atom is -0.356 e. The second-order valence-electron chi connectivity index (χ2n) is 4.50. The summed E-state index contributed by atoms with van der Waals surface area (Å²) < 4.78 is 0. The zero-order chi connectivity index (χ0) is 9.80. The van der Waals surface area contributed by atoms with E-state index in [1.54, 1.807) is 0 Å². The molecule has 2 fully saturated rings. The lowest BCUT2D eigenvalue weighted by atomic mass is 9.85. The van der Waals surface area contributed by atoms with Gasteiger partial charge in [0.05, 0.1) is 0 Å². The van der Waals surface area contributed by atoms with Crippen LogP contribution in [0.15, 0.2) is 0 Å². The highest BCUT2D eigenvalue weighted by Crippen LogP contribution is 2.26. The fraction of sp³-hybridized carbons (Fsp3) is 0.909. The molecule has 0 aromatic rings. The summed E-state index contributed by atoms with van der Waals surface area (Å²) in [7, 11) is 0. The molecule has 14 heavy (non-hydrogen) atoms. The zero-order valence-corrected chi connectivity index (χ0v) is 8.72. The highest BCUT2D eigenvalue weighted by molar-refractivity contribution is 5.79. The SMILES string of the molecule is O=C(NCC[C@H]1CCCN1)C1CCC1. The molecule has 2 aliphatic rings. The summed E-state index contributed by atoms with van der Waals surface area (Å²) in [6.45, 7) is 2.01.